The molecule has 1 N–H and O–H groups in total. The van der Waals surface area contributed by atoms with Crippen LogP contribution in [0.3, 0.4) is 0 Å². The number of hydrogen-bond donors (Lipinski definition) is 1. The van der Waals surface area contributed by atoms with Crippen LogP contribution in [0.2, 0.25) is 0 Å². The summed E-state index contributed by atoms with van der Waals surface area (Å²) >= 11 is 0. The molecule has 0 heterocycles. The first kappa shape index (κ1) is 14.0. The molecule has 0 aromatic carbocycles. The minimum atomic E-state index is 0.391. The van der Waals surface area contributed by atoms with Crippen molar-refractivity contribution in [2.75, 3.05) is 19.6 Å². The molecule has 0 unspecified atom stereocenters. The SMILES string of the molecule is CCCN(CC(C)(C)CNC1CC1)C(C)C. The van der Waals surface area contributed by atoms with Crippen molar-refractivity contribution in [3.63, 3.8) is 0 Å². The van der Waals surface area contributed by atoms with E-state index < -0.39 is 0 Å². The quantitative estimate of drug-likeness (QED) is 0.684. The van der Waals surface area contributed by atoms with Gasteiger partial charge >= 0.3 is 0 Å². The highest BCUT2D eigenvalue weighted by Crippen LogP contribution is 2.23. The summed E-state index contributed by atoms with van der Waals surface area (Å²) in [6, 6.07) is 1.50. The molecule has 0 bridgehead atoms. The fourth-order valence-corrected chi connectivity index (χ4v) is 2.12. The maximum absolute atomic E-state index is 3.66. The summed E-state index contributed by atoms with van der Waals surface area (Å²) in [6.07, 6.45) is 4.03. The Hall–Kier alpha value is -0.0800. The number of hydrogen-bond acceptors (Lipinski definition) is 2. The lowest BCUT2D eigenvalue weighted by atomic mass is 9.92. The Morgan fingerprint density at radius 2 is 1.94 bits per heavy atom. The summed E-state index contributed by atoms with van der Waals surface area (Å²) < 4.78 is 0. The molecule has 1 aliphatic carbocycles. The normalized spacial score (nSPS) is 17.4. The van der Waals surface area contributed by atoms with Crippen molar-refractivity contribution in [1.82, 2.24) is 10.2 Å². The van der Waals surface area contributed by atoms with Gasteiger partial charge in [0.2, 0.25) is 0 Å². The molecular weight excluding hydrogens is 196 g/mol. The Bertz CT molecular complexity index is 195. The number of nitrogens with zero attached hydrogens (tertiary/aromatic N) is 1. The zero-order valence-electron chi connectivity index (χ0n) is 11.8. The van der Waals surface area contributed by atoms with E-state index >= 15 is 0 Å². The summed E-state index contributed by atoms with van der Waals surface area (Å²) in [4.78, 5) is 2.61. The zero-order chi connectivity index (χ0) is 12.2. The third-order valence-corrected chi connectivity index (χ3v) is 3.32. The minimum Gasteiger partial charge on any atom is -0.313 e. The number of nitrogens with one attached hydrogen (secondary N) is 1. The van der Waals surface area contributed by atoms with Gasteiger partial charge in [0.1, 0.15) is 0 Å². The Balaban J connectivity index is 2.33. The van der Waals surface area contributed by atoms with E-state index in [0.29, 0.717) is 11.5 Å². The van der Waals surface area contributed by atoms with Gasteiger partial charge in [-0.05, 0) is 45.1 Å². The van der Waals surface area contributed by atoms with E-state index in [0.717, 1.165) is 12.6 Å². The van der Waals surface area contributed by atoms with Crippen LogP contribution in [0.4, 0.5) is 0 Å². The van der Waals surface area contributed by atoms with Crippen LogP contribution < -0.4 is 5.32 Å². The standard InChI is InChI=1S/C14H30N2/c1-6-9-16(12(2)3)11-14(4,5)10-15-13-7-8-13/h12-13,15H,6-11H2,1-5H3. The molecule has 0 radical (unpaired) electrons. The van der Waals surface area contributed by atoms with Gasteiger partial charge in [-0.15, -0.1) is 0 Å². The molecule has 0 aromatic heterocycles. The minimum absolute atomic E-state index is 0.391. The Morgan fingerprint density at radius 3 is 2.38 bits per heavy atom. The van der Waals surface area contributed by atoms with Gasteiger partial charge in [-0.2, -0.15) is 0 Å². The second kappa shape index (κ2) is 6.02. The second-order valence-corrected chi connectivity index (χ2v) is 6.38. The van der Waals surface area contributed by atoms with E-state index in [-0.39, 0.29) is 0 Å². The third-order valence-electron chi connectivity index (χ3n) is 3.32. The van der Waals surface area contributed by atoms with E-state index in [1.54, 1.807) is 0 Å². The summed E-state index contributed by atoms with van der Waals surface area (Å²) in [6.45, 7) is 15.2. The van der Waals surface area contributed by atoms with Crippen molar-refractivity contribution in [1.29, 1.82) is 0 Å². The van der Waals surface area contributed by atoms with Crippen LogP contribution in [0.15, 0.2) is 0 Å². The van der Waals surface area contributed by atoms with Crippen molar-refractivity contribution < 1.29 is 0 Å². The van der Waals surface area contributed by atoms with Crippen LogP contribution in [-0.2, 0) is 0 Å². The topological polar surface area (TPSA) is 15.3 Å². The van der Waals surface area contributed by atoms with Crippen molar-refractivity contribution in [2.45, 2.75) is 66.0 Å². The third kappa shape index (κ3) is 5.31. The summed E-state index contributed by atoms with van der Waals surface area (Å²) in [5, 5.41) is 3.66. The molecular formula is C14H30N2. The van der Waals surface area contributed by atoms with Crippen LogP contribution >= 0.6 is 0 Å². The maximum Gasteiger partial charge on any atom is 0.00684 e. The highest BCUT2D eigenvalue weighted by atomic mass is 15.2. The molecule has 16 heavy (non-hydrogen) atoms. The van der Waals surface area contributed by atoms with Crippen molar-refractivity contribution in [3.05, 3.63) is 0 Å². The van der Waals surface area contributed by atoms with Crippen LogP contribution in [0.25, 0.3) is 0 Å². The summed E-state index contributed by atoms with van der Waals surface area (Å²) in [5.74, 6) is 0. The summed E-state index contributed by atoms with van der Waals surface area (Å²) in [5.41, 5.74) is 0.391. The molecule has 1 saturated carbocycles. The molecule has 0 amide bonds. The van der Waals surface area contributed by atoms with Crippen molar-refractivity contribution >= 4 is 0 Å². The van der Waals surface area contributed by atoms with Crippen molar-refractivity contribution in [3.8, 4) is 0 Å². The van der Waals surface area contributed by atoms with Crippen LogP contribution in [0.1, 0.15) is 53.9 Å². The molecule has 0 saturated heterocycles. The van der Waals surface area contributed by atoms with Gasteiger partial charge in [-0.25, -0.2) is 0 Å². The van der Waals surface area contributed by atoms with Gasteiger partial charge in [0.05, 0.1) is 0 Å². The lowest BCUT2D eigenvalue weighted by molar-refractivity contribution is 0.142. The Labute approximate surface area is 102 Å². The van der Waals surface area contributed by atoms with E-state index in [1.807, 2.05) is 0 Å². The van der Waals surface area contributed by atoms with Gasteiger partial charge in [0.15, 0.2) is 0 Å². The maximum atomic E-state index is 3.66. The predicted molar refractivity (Wildman–Crippen MR) is 71.8 cm³/mol. The van der Waals surface area contributed by atoms with E-state index in [9.17, 15) is 0 Å². The van der Waals surface area contributed by atoms with Crippen LogP contribution in [0, 0.1) is 5.41 Å². The zero-order valence-corrected chi connectivity index (χ0v) is 11.8. The van der Waals surface area contributed by atoms with Gasteiger partial charge < -0.3 is 10.2 Å². The second-order valence-electron chi connectivity index (χ2n) is 6.38. The lowest BCUT2D eigenvalue weighted by Crippen LogP contribution is -2.44. The molecule has 0 aliphatic heterocycles. The summed E-state index contributed by atoms with van der Waals surface area (Å²) in [7, 11) is 0. The van der Waals surface area contributed by atoms with E-state index in [1.165, 1.54) is 32.4 Å². The van der Waals surface area contributed by atoms with E-state index in [4.69, 9.17) is 0 Å². The average molecular weight is 226 g/mol. The first-order valence-corrected chi connectivity index (χ1v) is 6.92. The molecule has 1 fully saturated rings. The smallest absolute Gasteiger partial charge is 0.00684 e. The van der Waals surface area contributed by atoms with E-state index in [2.05, 4.69) is 44.8 Å². The molecule has 1 rings (SSSR count). The number of rotatable bonds is 8. The fraction of sp³-hybridized carbons (Fsp3) is 1.00. The molecule has 1 aliphatic rings. The molecule has 0 aromatic rings. The van der Waals surface area contributed by atoms with Gasteiger partial charge in [0.25, 0.3) is 0 Å². The van der Waals surface area contributed by atoms with Gasteiger partial charge in [-0.1, -0.05) is 20.8 Å². The predicted octanol–water partition coefficient (Wildman–Crippen LogP) is 2.89. The highest BCUT2D eigenvalue weighted by molar-refractivity contribution is 4.85. The largest absolute Gasteiger partial charge is 0.313 e. The monoisotopic (exact) mass is 226 g/mol. The van der Waals surface area contributed by atoms with Gasteiger partial charge in [-0.3, -0.25) is 0 Å². The highest BCUT2D eigenvalue weighted by Gasteiger charge is 2.27. The van der Waals surface area contributed by atoms with Gasteiger partial charge in [0, 0.05) is 25.2 Å². The first-order chi connectivity index (χ1) is 7.44. The molecule has 0 atom stereocenters. The Kier molecular flexibility index (Phi) is 5.26. The fourth-order valence-electron chi connectivity index (χ4n) is 2.12. The average Bonchev–Trinajstić information content (AvgIpc) is 2.97. The van der Waals surface area contributed by atoms with Crippen LogP contribution in [0.5, 0.6) is 0 Å². The first-order valence-electron chi connectivity index (χ1n) is 6.92. The van der Waals surface area contributed by atoms with Crippen molar-refractivity contribution in [2.24, 2.45) is 5.41 Å². The molecule has 2 heteroatoms. The Morgan fingerprint density at radius 1 is 1.31 bits per heavy atom. The molecule has 2 nitrogen and oxygen atoms in total. The molecule has 96 valence electrons. The lowest BCUT2D eigenvalue weighted by Gasteiger charge is -2.35. The van der Waals surface area contributed by atoms with Crippen LogP contribution in [-0.4, -0.2) is 36.6 Å². The molecule has 0 spiro atoms.